The van der Waals surface area contributed by atoms with E-state index in [4.69, 9.17) is 28.4 Å². The molecular formula is C27H34O9. The number of esters is 1. The molecule has 2 aromatic carbocycles. The van der Waals surface area contributed by atoms with Gasteiger partial charge in [0.15, 0.2) is 12.0 Å². The number of methoxy groups -OCH3 is 4. The topological polar surface area (TPSA) is 113 Å². The number of aliphatic hydroxyl groups excluding tert-OH is 2. The van der Waals surface area contributed by atoms with Crippen LogP contribution in [0, 0.1) is 5.92 Å². The molecule has 2 N–H and O–H groups in total. The zero-order valence-corrected chi connectivity index (χ0v) is 21.2. The van der Waals surface area contributed by atoms with Gasteiger partial charge in [-0.3, -0.25) is 0 Å². The number of rotatable bonds is 12. The summed E-state index contributed by atoms with van der Waals surface area (Å²) in [4.78, 5) is 12.9. The first kappa shape index (κ1) is 27.5. The molecule has 0 aliphatic carbocycles. The van der Waals surface area contributed by atoms with Crippen molar-refractivity contribution in [1.82, 2.24) is 0 Å². The van der Waals surface area contributed by atoms with Crippen molar-refractivity contribution in [2.75, 3.05) is 35.0 Å². The Kier molecular flexibility index (Phi) is 9.33. The normalized spacial score (nSPS) is 21.6. The van der Waals surface area contributed by atoms with E-state index in [0.717, 1.165) is 0 Å². The molecule has 1 heterocycles. The third-order valence-corrected chi connectivity index (χ3v) is 6.28. The van der Waals surface area contributed by atoms with Gasteiger partial charge in [-0.2, -0.15) is 0 Å². The van der Waals surface area contributed by atoms with Crippen molar-refractivity contribution in [2.45, 2.75) is 37.8 Å². The van der Waals surface area contributed by atoms with Gasteiger partial charge >= 0.3 is 5.97 Å². The zero-order valence-electron chi connectivity index (χ0n) is 21.2. The van der Waals surface area contributed by atoms with Gasteiger partial charge in [-0.1, -0.05) is 6.92 Å². The molecule has 0 aromatic heterocycles. The second kappa shape index (κ2) is 12.2. The minimum absolute atomic E-state index is 0.0460. The van der Waals surface area contributed by atoms with E-state index >= 15 is 0 Å². The molecule has 0 bridgehead atoms. The summed E-state index contributed by atoms with van der Waals surface area (Å²) >= 11 is 0. The number of carbonyl (C=O) groups excluding carboxylic acids is 1. The molecule has 196 valence electrons. The Bertz CT molecular complexity index is 1020. The Balaban J connectivity index is 1.81. The van der Waals surface area contributed by atoms with Crippen molar-refractivity contribution in [1.29, 1.82) is 0 Å². The third-order valence-electron chi connectivity index (χ3n) is 6.28. The second-order valence-electron chi connectivity index (χ2n) is 8.75. The summed E-state index contributed by atoms with van der Waals surface area (Å²) in [6.45, 7) is 2.08. The Morgan fingerprint density at radius 3 is 2.00 bits per heavy atom. The Labute approximate surface area is 211 Å². The lowest BCUT2D eigenvalue weighted by atomic mass is 9.81. The maximum Gasteiger partial charge on any atom is 0.343 e. The molecule has 0 saturated carbocycles. The molecular weight excluding hydrogens is 468 g/mol. The van der Waals surface area contributed by atoms with Crippen molar-refractivity contribution in [3.05, 3.63) is 65.4 Å². The summed E-state index contributed by atoms with van der Waals surface area (Å²) < 4.78 is 32.3. The largest absolute Gasteiger partial charge is 0.508 e. The zero-order chi connectivity index (χ0) is 26.3. The molecule has 9 nitrogen and oxygen atoms in total. The molecule has 0 radical (unpaired) electrons. The average Bonchev–Trinajstić information content (AvgIpc) is 2.88. The Morgan fingerprint density at radius 2 is 1.53 bits per heavy atom. The molecule has 1 saturated heterocycles. The van der Waals surface area contributed by atoms with Gasteiger partial charge in [-0.25, -0.2) is 4.79 Å². The molecule has 1 aliphatic heterocycles. The van der Waals surface area contributed by atoms with Gasteiger partial charge in [0, 0.05) is 32.6 Å². The highest BCUT2D eigenvalue weighted by Gasteiger charge is 2.53. The number of carbonyl (C=O) groups is 1. The third kappa shape index (κ3) is 6.17. The maximum atomic E-state index is 12.9. The van der Waals surface area contributed by atoms with Crippen molar-refractivity contribution in [3.63, 3.8) is 0 Å². The van der Waals surface area contributed by atoms with Crippen LogP contribution in [0.4, 0.5) is 0 Å². The molecule has 2 unspecified atom stereocenters. The fraction of sp³-hybridized carbons (Fsp3) is 0.444. The standard InChI is InChI=1S/C27H34O9/c1-17(23-15-27(36-23,16-31-2)26(30)34-5)14-22(28)24(18-6-10-20(32-3)11-7-18)35-25(29)19-8-12-21(33-4)13-9-19/h6-13,17,23,26,28,30H,14-16H2,1-5H3/b24-22+/t17-,23?,26?,27+/m1/s1. The first-order valence-electron chi connectivity index (χ1n) is 11.6. The van der Waals surface area contributed by atoms with Crippen molar-refractivity contribution >= 4 is 11.7 Å². The Morgan fingerprint density at radius 1 is 1.00 bits per heavy atom. The van der Waals surface area contributed by atoms with E-state index in [9.17, 15) is 15.0 Å². The minimum Gasteiger partial charge on any atom is -0.508 e. The lowest BCUT2D eigenvalue weighted by molar-refractivity contribution is -0.327. The SMILES string of the molecule is COC[C@]1(C(O)OC)CC([C@H](C)C/C(O)=C(\OC(=O)c2ccc(OC)cc2)c2ccc(OC)cc2)O1. The van der Waals surface area contributed by atoms with Crippen LogP contribution in [0.3, 0.4) is 0 Å². The van der Waals surface area contributed by atoms with Gasteiger partial charge < -0.3 is 38.6 Å². The summed E-state index contributed by atoms with van der Waals surface area (Å²) in [7, 11) is 6.02. The molecule has 9 heteroatoms. The van der Waals surface area contributed by atoms with Crippen LogP contribution in [0.2, 0.25) is 0 Å². The molecule has 3 rings (SSSR count). The van der Waals surface area contributed by atoms with Gasteiger partial charge in [0.05, 0.1) is 32.5 Å². The van der Waals surface area contributed by atoms with Crippen molar-refractivity contribution < 1.29 is 43.4 Å². The number of benzene rings is 2. The minimum atomic E-state index is -1.13. The number of hydrogen-bond acceptors (Lipinski definition) is 9. The molecule has 0 amide bonds. The van der Waals surface area contributed by atoms with Crippen LogP contribution in [-0.4, -0.2) is 69.2 Å². The summed E-state index contributed by atoms with van der Waals surface area (Å²) in [5.41, 5.74) is -0.134. The number of hydrogen-bond donors (Lipinski definition) is 2. The monoisotopic (exact) mass is 502 g/mol. The highest BCUT2D eigenvalue weighted by molar-refractivity contribution is 5.93. The van der Waals surface area contributed by atoms with Gasteiger partial charge in [0.2, 0.25) is 0 Å². The summed E-state index contributed by atoms with van der Waals surface area (Å²) in [6.07, 6.45) is -0.742. The average molecular weight is 503 g/mol. The van der Waals surface area contributed by atoms with Gasteiger partial charge in [-0.05, 0) is 54.4 Å². The van der Waals surface area contributed by atoms with E-state index in [0.29, 0.717) is 29.0 Å². The van der Waals surface area contributed by atoms with E-state index in [-0.39, 0.29) is 36.6 Å². The number of aliphatic hydroxyl groups is 2. The van der Waals surface area contributed by atoms with Crippen LogP contribution in [0.1, 0.15) is 35.7 Å². The molecule has 1 aliphatic rings. The second-order valence-corrected chi connectivity index (χ2v) is 8.75. The van der Waals surface area contributed by atoms with E-state index in [1.807, 2.05) is 6.92 Å². The fourth-order valence-corrected chi connectivity index (χ4v) is 4.17. The van der Waals surface area contributed by atoms with Gasteiger partial charge in [0.1, 0.15) is 22.9 Å². The lowest BCUT2D eigenvalue weighted by Gasteiger charge is -2.51. The van der Waals surface area contributed by atoms with Crippen LogP contribution >= 0.6 is 0 Å². The van der Waals surface area contributed by atoms with E-state index in [1.54, 1.807) is 55.6 Å². The predicted octanol–water partition coefficient (Wildman–Crippen LogP) is 3.95. The van der Waals surface area contributed by atoms with E-state index in [2.05, 4.69) is 0 Å². The Hall–Kier alpha value is -3.11. The first-order chi connectivity index (χ1) is 17.3. The molecule has 2 aromatic rings. The highest BCUT2D eigenvalue weighted by atomic mass is 16.7. The smallest absolute Gasteiger partial charge is 0.343 e. The highest BCUT2D eigenvalue weighted by Crippen LogP contribution is 2.42. The molecule has 36 heavy (non-hydrogen) atoms. The molecule has 1 fully saturated rings. The number of ether oxygens (including phenoxy) is 6. The van der Waals surface area contributed by atoms with Gasteiger partial charge in [0.25, 0.3) is 0 Å². The maximum absolute atomic E-state index is 12.9. The molecule has 4 atom stereocenters. The summed E-state index contributed by atoms with van der Waals surface area (Å²) in [5.74, 6) is 0.399. The van der Waals surface area contributed by atoms with Crippen LogP contribution in [-0.2, 0) is 18.9 Å². The lowest BCUT2D eigenvalue weighted by Crippen LogP contribution is -2.62. The quantitative estimate of drug-likeness (QED) is 0.253. The van der Waals surface area contributed by atoms with Crippen LogP contribution in [0.15, 0.2) is 54.3 Å². The van der Waals surface area contributed by atoms with Crippen molar-refractivity contribution in [3.8, 4) is 11.5 Å². The van der Waals surface area contributed by atoms with Crippen molar-refractivity contribution in [2.24, 2.45) is 5.92 Å². The fourth-order valence-electron chi connectivity index (χ4n) is 4.17. The van der Waals surface area contributed by atoms with Crippen LogP contribution < -0.4 is 9.47 Å². The summed E-state index contributed by atoms with van der Waals surface area (Å²) in [6, 6.07) is 13.3. The number of allylic oxidation sites excluding steroid dienone is 1. The van der Waals surface area contributed by atoms with Crippen LogP contribution in [0.5, 0.6) is 11.5 Å². The van der Waals surface area contributed by atoms with E-state index in [1.165, 1.54) is 21.3 Å². The molecule has 0 spiro atoms. The van der Waals surface area contributed by atoms with E-state index < -0.39 is 17.9 Å². The summed E-state index contributed by atoms with van der Waals surface area (Å²) in [5, 5.41) is 21.3. The van der Waals surface area contributed by atoms with Crippen LogP contribution in [0.25, 0.3) is 5.76 Å². The van der Waals surface area contributed by atoms with Gasteiger partial charge in [-0.15, -0.1) is 0 Å². The predicted molar refractivity (Wildman–Crippen MR) is 132 cm³/mol. The first-order valence-corrected chi connectivity index (χ1v) is 11.6.